The molecule has 0 aliphatic rings. The van der Waals surface area contributed by atoms with E-state index in [4.69, 9.17) is 9.47 Å². The third kappa shape index (κ3) is 15.3. The summed E-state index contributed by atoms with van der Waals surface area (Å²) in [4.78, 5) is 0. The number of unbranched alkanes of at least 4 members (excludes halogenated alkanes) is 13. The molecule has 0 saturated carbocycles. The van der Waals surface area contributed by atoms with Gasteiger partial charge in [0.15, 0.2) is 0 Å². The first-order valence-corrected chi connectivity index (χ1v) is 14.6. The van der Waals surface area contributed by atoms with Crippen LogP contribution < -0.4 is 0 Å². The van der Waals surface area contributed by atoms with Crippen molar-refractivity contribution in [3.8, 4) is 0 Å². The SMILES string of the molecule is CCC(COCCCCCCCCCCCCCCCCC(F)(C(F)(F)F)C(F)(F)F)OCc1ccccc1. The van der Waals surface area contributed by atoms with Crippen LogP contribution in [-0.4, -0.2) is 37.3 Å². The second-order valence-corrected chi connectivity index (χ2v) is 10.4. The Balaban J connectivity index is 1.88. The first-order valence-electron chi connectivity index (χ1n) is 14.6. The van der Waals surface area contributed by atoms with Crippen LogP contribution >= 0.6 is 0 Å². The van der Waals surface area contributed by atoms with E-state index in [1.165, 1.54) is 31.2 Å². The zero-order valence-electron chi connectivity index (χ0n) is 23.4. The average molecular weight is 573 g/mol. The lowest BCUT2D eigenvalue weighted by molar-refractivity contribution is -0.343. The average Bonchev–Trinajstić information content (AvgIpc) is 2.88. The van der Waals surface area contributed by atoms with Crippen LogP contribution in [0.25, 0.3) is 0 Å². The van der Waals surface area contributed by atoms with Gasteiger partial charge in [-0.1, -0.05) is 114 Å². The Bertz CT molecular complexity index is 694. The molecule has 0 bridgehead atoms. The van der Waals surface area contributed by atoms with Crippen LogP contribution in [0.15, 0.2) is 30.3 Å². The summed E-state index contributed by atoms with van der Waals surface area (Å²) < 4.78 is 100. The van der Waals surface area contributed by atoms with Crippen molar-refractivity contribution in [1.82, 2.24) is 0 Å². The molecular weight excluding hydrogens is 525 g/mol. The minimum Gasteiger partial charge on any atom is -0.379 e. The number of alkyl halides is 7. The Labute approximate surface area is 230 Å². The Hall–Kier alpha value is -1.35. The molecule has 0 aliphatic heterocycles. The molecule has 0 fully saturated rings. The third-order valence-electron chi connectivity index (χ3n) is 7.05. The van der Waals surface area contributed by atoms with E-state index in [9.17, 15) is 30.7 Å². The summed E-state index contributed by atoms with van der Waals surface area (Å²) in [6.07, 6.45) is -0.322. The molecule has 1 atom stereocenters. The van der Waals surface area contributed by atoms with Crippen molar-refractivity contribution in [3.05, 3.63) is 35.9 Å². The van der Waals surface area contributed by atoms with E-state index in [-0.39, 0.29) is 12.5 Å². The maximum atomic E-state index is 13.5. The van der Waals surface area contributed by atoms with Crippen molar-refractivity contribution in [2.24, 2.45) is 0 Å². The smallest absolute Gasteiger partial charge is 0.379 e. The largest absolute Gasteiger partial charge is 0.431 e. The Kier molecular flexibility index (Phi) is 18.0. The first-order chi connectivity index (χ1) is 18.5. The molecule has 1 unspecified atom stereocenters. The van der Waals surface area contributed by atoms with Gasteiger partial charge in [0.2, 0.25) is 0 Å². The molecule has 0 radical (unpaired) electrons. The lowest BCUT2D eigenvalue weighted by Crippen LogP contribution is -2.53. The van der Waals surface area contributed by atoms with Crippen LogP contribution in [0.1, 0.15) is 115 Å². The van der Waals surface area contributed by atoms with Gasteiger partial charge in [-0.15, -0.1) is 0 Å². The summed E-state index contributed by atoms with van der Waals surface area (Å²) in [5.41, 5.74) is -3.94. The fraction of sp³-hybridized carbons (Fsp3) is 0.800. The van der Waals surface area contributed by atoms with E-state index in [1.54, 1.807) is 0 Å². The molecule has 2 nitrogen and oxygen atoms in total. The van der Waals surface area contributed by atoms with Crippen LogP contribution in [-0.2, 0) is 16.1 Å². The standard InChI is InChI=1S/C30H47F7O2/c1-2-27(39-24-26-20-16-15-17-21-26)25-38-23-19-14-12-10-8-6-4-3-5-7-9-11-13-18-22-28(31,29(32,33)34)30(35,36)37/h15-17,20-21,27H,2-14,18-19,22-25H2,1H3. The van der Waals surface area contributed by atoms with Gasteiger partial charge in [0.05, 0.1) is 19.3 Å². The van der Waals surface area contributed by atoms with Crippen molar-refractivity contribution in [3.63, 3.8) is 0 Å². The van der Waals surface area contributed by atoms with Crippen LogP contribution in [0.5, 0.6) is 0 Å². The molecule has 0 saturated heterocycles. The second kappa shape index (κ2) is 19.7. The van der Waals surface area contributed by atoms with Gasteiger partial charge in [-0.3, -0.25) is 0 Å². The van der Waals surface area contributed by atoms with Crippen LogP contribution in [0.3, 0.4) is 0 Å². The van der Waals surface area contributed by atoms with Crippen LogP contribution in [0.2, 0.25) is 0 Å². The number of rotatable bonds is 23. The quantitative estimate of drug-likeness (QED) is 0.0959. The Morgan fingerprint density at radius 3 is 1.49 bits per heavy atom. The lowest BCUT2D eigenvalue weighted by Gasteiger charge is -2.29. The van der Waals surface area contributed by atoms with Gasteiger partial charge in [0.25, 0.3) is 5.67 Å². The van der Waals surface area contributed by atoms with Crippen molar-refractivity contribution >= 4 is 0 Å². The van der Waals surface area contributed by atoms with Gasteiger partial charge in [-0.25, -0.2) is 4.39 Å². The summed E-state index contributed by atoms with van der Waals surface area (Å²) in [7, 11) is 0. The van der Waals surface area contributed by atoms with Crippen molar-refractivity contribution in [2.45, 2.75) is 140 Å². The van der Waals surface area contributed by atoms with E-state index in [1.807, 2.05) is 18.2 Å². The normalized spacial score (nSPS) is 13.6. The van der Waals surface area contributed by atoms with Gasteiger partial charge < -0.3 is 9.47 Å². The van der Waals surface area contributed by atoms with Gasteiger partial charge in [0.1, 0.15) is 0 Å². The molecule has 9 heteroatoms. The molecule has 0 amide bonds. The van der Waals surface area contributed by atoms with Crippen LogP contribution in [0.4, 0.5) is 30.7 Å². The number of halogens is 7. The van der Waals surface area contributed by atoms with E-state index in [2.05, 4.69) is 19.1 Å². The second-order valence-electron chi connectivity index (χ2n) is 10.4. The molecular formula is C30H47F7O2. The van der Waals surface area contributed by atoms with Gasteiger partial charge in [-0.05, 0) is 31.2 Å². The van der Waals surface area contributed by atoms with Crippen molar-refractivity contribution < 1.29 is 40.2 Å². The minimum absolute atomic E-state index is 0.114. The number of hydrogen-bond donors (Lipinski definition) is 0. The molecule has 1 aromatic rings. The molecule has 0 N–H and O–H groups in total. The molecule has 1 rings (SSSR count). The zero-order chi connectivity index (χ0) is 29.0. The summed E-state index contributed by atoms with van der Waals surface area (Å²) >= 11 is 0. The van der Waals surface area contributed by atoms with Gasteiger partial charge in [-0.2, -0.15) is 26.3 Å². The summed E-state index contributed by atoms with van der Waals surface area (Å²) in [5, 5.41) is 0. The van der Waals surface area contributed by atoms with Crippen molar-refractivity contribution in [1.29, 1.82) is 0 Å². The van der Waals surface area contributed by atoms with E-state index < -0.39 is 30.9 Å². The Morgan fingerprint density at radius 1 is 0.615 bits per heavy atom. The first kappa shape index (κ1) is 35.7. The fourth-order valence-corrected chi connectivity index (χ4v) is 4.43. The molecule has 228 valence electrons. The highest BCUT2D eigenvalue weighted by Crippen LogP contribution is 2.49. The predicted molar refractivity (Wildman–Crippen MR) is 141 cm³/mol. The monoisotopic (exact) mass is 572 g/mol. The summed E-state index contributed by atoms with van der Waals surface area (Å²) in [6.45, 7) is 4.09. The molecule has 0 aliphatic carbocycles. The molecule has 0 aromatic heterocycles. The molecule has 0 heterocycles. The molecule has 0 spiro atoms. The zero-order valence-corrected chi connectivity index (χ0v) is 23.4. The molecule has 1 aromatic carbocycles. The van der Waals surface area contributed by atoms with Gasteiger partial charge in [0, 0.05) is 6.61 Å². The highest BCUT2D eigenvalue weighted by Gasteiger charge is 2.71. The topological polar surface area (TPSA) is 18.5 Å². The number of benzene rings is 1. The predicted octanol–water partition coefficient (Wildman–Crippen LogP) is 10.7. The highest BCUT2D eigenvalue weighted by molar-refractivity contribution is 5.13. The van der Waals surface area contributed by atoms with E-state index in [0.29, 0.717) is 19.6 Å². The summed E-state index contributed by atoms with van der Waals surface area (Å²) in [5.74, 6) is 0. The number of hydrogen-bond acceptors (Lipinski definition) is 2. The third-order valence-corrected chi connectivity index (χ3v) is 7.05. The maximum absolute atomic E-state index is 13.5. The van der Waals surface area contributed by atoms with Crippen molar-refractivity contribution in [2.75, 3.05) is 13.2 Å². The number of ether oxygens (including phenoxy) is 2. The van der Waals surface area contributed by atoms with E-state index >= 15 is 0 Å². The highest BCUT2D eigenvalue weighted by atomic mass is 19.4. The Morgan fingerprint density at radius 2 is 1.05 bits per heavy atom. The lowest BCUT2D eigenvalue weighted by atomic mass is 9.95. The summed E-state index contributed by atoms with van der Waals surface area (Å²) in [6, 6.07) is 10.1. The van der Waals surface area contributed by atoms with E-state index in [0.717, 1.165) is 58.0 Å². The molecule has 39 heavy (non-hydrogen) atoms. The van der Waals surface area contributed by atoms with Crippen LogP contribution in [0, 0.1) is 0 Å². The fourth-order valence-electron chi connectivity index (χ4n) is 4.43. The van der Waals surface area contributed by atoms with Gasteiger partial charge >= 0.3 is 12.4 Å². The maximum Gasteiger partial charge on any atom is 0.431 e. The minimum atomic E-state index is -5.93.